The van der Waals surface area contributed by atoms with Gasteiger partial charge in [0.2, 0.25) is 0 Å². The van der Waals surface area contributed by atoms with Gasteiger partial charge in [0.25, 0.3) is 5.91 Å². The van der Waals surface area contributed by atoms with Gasteiger partial charge in [0.1, 0.15) is 0 Å². The average Bonchev–Trinajstić information content (AvgIpc) is 3.42. The molecule has 1 aromatic heterocycles. The number of carbonyl (C=O) groups excluding carboxylic acids is 1. The minimum atomic E-state index is -0.0575. The lowest BCUT2D eigenvalue weighted by Gasteiger charge is -2.24. The maximum Gasteiger partial charge on any atom is 0.272 e. The van der Waals surface area contributed by atoms with Crippen molar-refractivity contribution in [2.75, 3.05) is 33.2 Å². The number of para-hydroxylation sites is 1. The zero-order chi connectivity index (χ0) is 21.9. The highest BCUT2D eigenvalue weighted by atomic mass is 16.2. The summed E-state index contributed by atoms with van der Waals surface area (Å²) < 4.78 is 2.11. The maximum absolute atomic E-state index is 13.4. The second kappa shape index (κ2) is 9.43. The van der Waals surface area contributed by atoms with Crippen LogP contribution in [0.5, 0.6) is 0 Å². The molecule has 2 aliphatic rings. The zero-order valence-corrected chi connectivity index (χ0v) is 18.9. The summed E-state index contributed by atoms with van der Waals surface area (Å²) in [6.45, 7) is 4.58. The number of benzene rings is 2. The Morgan fingerprint density at radius 3 is 2.56 bits per heavy atom. The number of nitrogens with zero attached hydrogens (tertiary/aromatic N) is 4. The van der Waals surface area contributed by atoms with Gasteiger partial charge in [-0.1, -0.05) is 61.4 Å². The van der Waals surface area contributed by atoms with Gasteiger partial charge in [-0.05, 0) is 31.5 Å². The van der Waals surface area contributed by atoms with Crippen LogP contribution in [-0.4, -0.2) is 64.8 Å². The number of likely N-dealkylation sites (N-methyl/N-ethyl adjacent to an activating group) is 1. The summed E-state index contributed by atoms with van der Waals surface area (Å²) >= 11 is 0. The fourth-order valence-electron chi connectivity index (χ4n) is 5.25. The zero-order valence-electron chi connectivity index (χ0n) is 18.9. The standard InChI is InChI=1S/C26H33N5O/c1-29-15-16-30(17-20-9-3-2-4-10-20)19-21(18-29)27-26(32)25-23-13-7-8-14-24(23)31(28-25)22-11-5-6-12-22/h2-4,7-10,13-14,21-22H,5-6,11-12,15-19H2,1H3,(H,27,32). The first-order valence-corrected chi connectivity index (χ1v) is 11.9. The molecular weight excluding hydrogens is 398 g/mol. The van der Waals surface area contributed by atoms with Crippen LogP contribution >= 0.6 is 0 Å². The summed E-state index contributed by atoms with van der Waals surface area (Å²) in [6, 6.07) is 19.2. The fourth-order valence-corrected chi connectivity index (χ4v) is 5.25. The van der Waals surface area contributed by atoms with E-state index in [9.17, 15) is 4.79 Å². The van der Waals surface area contributed by atoms with Crippen LogP contribution in [0.15, 0.2) is 54.6 Å². The number of rotatable bonds is 5. The van der Waals surface area contributed by atoms with Gasteiger partial charge in [0, 0.05) is 38.1 Å². The number of fused-ring (bicyclic) bond motifs is 1. The van der Waals surface area contributed by atoms with Gasteiger partial charge in [0.15, 0.2) is 5.69 Å². The van der Waals surface area contributed by atoms with E-state index >= 15 is 0 Å². The average molecular weight is 432 g/mol. The van der Waals surface area contributed by atoms with Crippen LogP contribution in [0.4, 0.5) is 0 Å². The summed E-state index contributed by atoms with van der Waals surface area (Å²) in [4.78, 5) is 18.2. The smallest absolute Gasteiger partial charge is 0.272 e. The third kappa shape index (κ3) is 4.57. The van der Waals surface area contributed by atoms with Gasteiger partial charge in [0.05, 0.1) is 17.6 Å². The lowest BCUT2D eigenvalue weighted by Crippen LogP contribution is -2.46. The van der Waals surface area contributed by atoms with Crippen molar-refractivity contribution in [2.24, 2.45) is 0 Å². The van der Waals surface area contributed by atoms with Crippen LogP contribution in [0.2, 0.25) is 0 Å². The molecule has 0 bridgehead atoms. The third-order valence-corrected chi connectivity index (χ3v) is 6.89. The molecule has 1 aliphatic heterocycles. The minimum absolute atomic E-state index is 0.0575. The van der Waals surface area contributed by atoms with E-state index in [1.807, 2.05) is 18.2 Å². The molecule has 1 saturated carbocycles. The minimum Gasteiger partial charge on any atom is -0.345 e. The van der Waals surface area contributed by atoms with Crippen molar-refractivity contribution >= 4 is 16.8 Å². The molecule has 6 nitrogen and oxygen atoms in total. The van der Waals surface area contributed by atoms with E-state index in [2.05, 4.69) is 63.2 Å². The monoisotopic (exact) mass is 431 g/mol. The second-order valence-corrected chi connectivity index (χ2v) is 9.40. The van der Waals surface area contributed by atoms with E-state index < -0.39 is 0 Å². The molecule has 6 heteroatoms. The molecule has 1 unspecified atom stereocenters. The molecule has 2 aromatic carbocycles. The number of amides is 1. The molecule has 1 atom stereocenters. The Hall–Kier alpha value is -2.70. The van der Waals surface area contributed by atoms with Crippen LogP contribution < -0.4 is 5.32 Å². The Morgan fingerprint density at radius 2 is 1.75 bits per heavy atom. The number of hydrogen-bond acceptors (Lipinski definition) is 4. The predicted molar refractivity (Wildman–Crippen MR) is 128 cm³/mol. The van der Waals surface area contributed by atoms with E-state index in [4.69, 9.17) is 5.10 Å². The molecule has 0 spiro atoms. The normalized spacial score (nSPS) is 21.1. The summed E-state index contributed by atoms with van der Waals surface area (Å²) in [7, 11) is 2.13. The first-order valence-electron chi connectivity index (χ1n) is 11.9. The van der Waals surface area contributed by atoms with Crippen molar-refractivity contribution in [2.45, 2.75) is 44.3 Å². The second-order valence-electron chi connectivity index (χ2n) is 9.40. The van der Waals surface area contributed by atoms with Gasteiger partial charge < -0.3 is 10.2 Å². The molecule has 3 aromatic rings. The Balaban J connectivity index is 1.34. The van der Waals surface area contributed by atoms with E-state index in [0.717, 1.165) is 56.5 Å². The van der Waals surface area contributed by atoms with Crippen molar-refractivity contribution in [3.8, 4) is 0 Å². The van der Waals surface area contributed by atoms with Crippen molar-refractivity contribution in [1.29, 1.82) is 0 Å². The maximum atomic E-state index is 13.4. The lowest BCUT2D eigenvalue weighted by molar-refractivity contribution is 0.0919. The number of nitrogens with one attached hydrogen (secondary N) is 1. The van der Waals surface area contributed by atoms with E-state index in [0.29, 0.717) is 11.7 Å². The molecule has 2 fully saturated rings. The highest BCUT2D eigenvalue weighted by molar-refractivity contribution is 6.05. The van der Waals surface area contributed by atoms with Crippen molar-refractivity contribution in [3.05, 3.63) is 65.9 Å². The first kappa shape index (κ1) is 21.2. The quantitative estimate of drug-likeness (QED) is 0.669. The van der Waals surface area contributed by atoms with Crippen LogP contribution in [0.1, 0.15) is 47.8 Å². The summed E-state index contributed by atoms with van der Waals surface area (Å²) in [5, 5.41) is 9.12. The number of carbonyl (C=O) groups is 1. The molecule has 168 valence electrons. The molecule has 0 radical (unpaired) electrons. The Kier molecular flexibility index (Phi) is 6.23. The molecule has 1 saturated heterocycles. The van der Waals surface area contributed by atoms with Crippen LogP contribution in [0.25, 0.3) is 10.9 Å². The van der Waals surface area contributed by atoms with Gasteiger partial charge in [-0.2, -0.15) is 5.10 Å². The molecule has 2 heterocycles. The van der Waals surface area contributed by atoms with Crippen molar-refractivity contribution < 1.29 is 4.79 Å². The first-order chi connectivity index (χ1) is 15.7. The van der Waals surface area contributed by atoms with Gasteiger partial charge in [-0.25, -0.2) is 0 Å². The molecular formula is C26H33N5O. The summed E-state index contributed by atoms with van der Waals surface area (Å²) in [5.74, 6) is -0.0575. The largest absolute Gasteiger partial charge is 0.345 e. The van der Waals surface area contributed by atoms with Crippen LogP contribution in [0.3, 0.4) is 0 Å². The highest BCUT2D eigenvalue weighted by Crippen LogP contribution is 2.32. The van der Waals surface area contributed by atoms with Gasteiger partial charge in [-0.15, -0.1) is 0 Å². The van der Waals surface area contributed by atoms with Crippen molar-refractivity contribution in [1.82, 2.24) is 24.9 Å². The Morgan fingerprint density at radius 1 is 1.00 bits per heavy atom. The summed E-state index contributed by atoms with van der Waals surface area (Å²) in [6.07, 6.45) is 4.78. The van der Waals surface area contributed by atoms with E-state index in [-0.39, 0.29) is 11.9 Å². The molecule has 1 N–H and O–H groups in total. The van der Waals surface area contributed by atoms with Gasteiger partial charge >= 0.3 is 0 Å². The SMILES string of the molecule is CN1CCN(Cc2ccccc2)CC(NC(=O)c2nn(C3CCCC3)c3ccccc23)C1. The van der Waals surface area contributed by atoms with E-state index in [1.54, 1.807) is 0 Å². The fraction of sp³-hybridized carbons (Fsp3) is 0.462. The van der Waals surface area contributed by atoms with Crippen molar-refractivity contribution in [3.63, 3.8) is 0 Å². The van der Waals surface area contributed by atoms with Crippen LogP contribution in [-0.2, 0) is 6.54 Å². The Bertz CT molecular complexity index is 1060. The third-order valence-electron chi connectivity index (χ3n) is 6.89. The van der Waals surface area contributed by atoms with Crippen LogP contribution in [0, 0.1) is 0 Å². The topological polar surface area (TPSA) is 53.4 Å². The molecule has 1 amide bonds. The predicted octanol–water partition coefficient (Wildman–Crippen LogP) is 3.70. The number of hydrogen-bond donors (Lipinski definition) is 1. The highest BCUT2D eigenvalue weighted by Gasteiger charge is 2.27. The van der Waals surface area contributed by atoms with E-state index in [1.165, 1.54) is 18.4 Å². The summed E-state index contributed by atoms with van der Waals surface area (Å²) in [5.41, 5.74) is 2.95. The lowest BCUT2D eigenvalue weighted by atomic mass is 10.1. The molecule has 32 heavy (non-hydrogen) atoms. The Labute approximate surface area is 190 Å². The molecule has 5 rings (SSSR count). The number of aromatic nitrogens is 2. The molecule has 1 aliphatic carbocycles. The van der Waals surface area contributed by atoms with Gasteiger partial charge in [-0.3, -0.25) is 14.4 Å².